The summed E-state index contributed by atoms with van der Waals surface area (Å²) in [5.74, 6) is 0.534. The Labute approximate surface area is 143 Å². The molecule has 0 unspecified atom stereocenters. The molecule has 2 aromatic rings. The van der Waals surface area contributed by atoms with Gasteiger partial charge in [-0.25, -0.2) is 4.39 Å². The van der Waals surface area contributed by atoms with Gasteiger partial charge in [0.1, 0.15) is 5.82 Å². The van der Waals surface area contributed by atoms with E-state index in [1.807, 2.05) is 31.2 Å². The lowest BCUT2D eigenvalue weighted by atomic mass is 9.78. The first kappa shape index (κ1) is 16.8. The molecule has 0 saturated heterocycles. The van der Waals surface area contributed by atoms with Gasteiger partial charge in [-0.3, -0.25) is 0 Å². The molecular formula is C17H16BrCl2F. The Bertz CT molecular complexity index is 607. The van der Waals surface area contributed by atoms with Gasteiger partial charge in [0.05, 0.1) is 0 Å². The van der Waals surface area contributed by atoms with Crippen molar-refractivity contribution in [3.8, 4) is 0 Å². The fraction of sp³-hybridized carbons (Fsp3) is 0.294. The van der Waals surface area contributed by atoms with E-state index in [1.54, 1.807) is 12.1 Å². The van der Waals surface area contributed by atoms with Crippen molar-refractivity contribution in [2.75, 3.05) is 11.8 Å². The fourth-order valence-electron chi connectivity index (χ4n) is 2.39. The number of hydrogen-bond acceptors (Lipinski definition) is 0. The quantitative estimate of drug-likeness (QED) is 0.562. The summed E-state index contributed by atoms with van der Waals surface area (Å²) in [5.41, 5.74) is 2.66. The normalized spacial score (nSPS) is 11.7. The van der Waals surface area contributed by atoms with Crippen LogP contribution in [0.1, 0.15) is 16.7 Å². The fourth-order valence-corrected chi connectivity index (χ4v) is 3.43. The van der Waals surface area contributed by atoms with Gasteiger partial charge in [-0.05, 0) is 54.3 Å². The second kappa shape index (κ2) is 7.13. The van der Waals surface area contributed by atoms with Crippen molar-refractivity contribution in [3.05, 3.63) is 69.4 Å². The predicted molar refractivity (Wildman–Crippen MR) is 92.1 cm³/mol. The van der Waals surface area contributed by atoms with Gasteiger partial charge in [0, 0.05) is 21.6 Å². The van der Waals surface area contributed by atoms with Gasteiger partial charge in [-0.2, -0.15) is 0 Å². The lowest BCUT2D eigenvalue weighted by molar-refractivity contribution is 0.531. The number of rotatable bonds is 5. The van der Waals surface area contributed by atoms with E-state index < -0.39 is 5.41 Å². The number of benzene rings is 2. The summed E-state index contributed by atoms with van der Waals surface area (Å²) < 4.78 is 14.5. The first-order valence-electron chi connectivity index (χ1n) is 6.64. The Morgan fingerprint density at radius 3 is 2.24 bits per heavy atom. The van der Waals surface area contributed by atoms with E-state index in [9.17, 15) is 4.39 Å². The first-order valence-corrected chi connectivity index (χ1v) is 8.50. The first-order chi connectivity index (χ1) is 10.0. The highest BCUT2D eigenvalue weighted by atomic mass is 79.9. The summed E-state index contributed by atoms with van der Waals surface area (Å²) in [4.78, 5) is 0. The van der Waals surface area contributed by atoms with Crippen molar-refractivity contribution >= 4 is 39.1 Å². The zero-order chi connectivity index (χ0) is 15.5. The molecule has 21 heavy (non-hydrogen) atoms. The van der Waals surface area contributed by atoms with Crippen LogP contribution in [0.15, 0.2) is 46.9 Å². The molecule has 0 amide bonds. The minimum absolute atomic E-state index is 0.232. The Kier molecular flexibility index (Phi) is 5.70. The van der Waals surface area contributed by atoms with Crippen LogP contribution in [0.5, 0.6) is 0 Å². The Morgan fingerprint density at radius 2 is 1.67 bits per heavy atom. The van der Waals surface area contributed by atoms with Crippen LogP contribution in [-0.4, -0.2) is 11.8 Å². The molecule has 2 rings (SSSR count). The standard InChI is InChI=1S/C17H16BrCl2F/c1-12-2-7-16(21)8-13(12)9-17(10-19,11-20)14-3-5-15(18)6-4-14/h2-8H,9-11H2,1H3. The maximum Gasteiger partial charge on any atom is 0.123 e. The molecule has 0 N–H and O–H groups in total. The molecule has 0 fully saturated rings. The topological polar surface area (TPSA) is 0 Å². The van der Waals surface area contributed by atoms with Gasteiger partial charge in [-0.15, -0.1) is 23.2 Å². The van der Waals surface area contributed by atoms with E-state index in [0.717, 1.165) is 21.2 Å². The second-order valence-electron chi connectivity index (χ2n) is 5.30. The Morgan fingerprint density at radius 1 is 1.05 bits per heavy atom. The molecular weight excluding hydrogens is 374 g/mol. The van der Waals surface area contributed by atoms with Crippen LogP contribution in [0.2, 0.25) is 0 Å². The zero-order valence-corrected chi connectivity index (χ0v) is 14.8. The molecule has 2 aromatic carbocycles. The van der Waals surface area contributed by atoms with Crippen LogP contribution >= 0.6 is 39.1 Å². The van der Waals surface area contributed by atoms with Gasteiger partial charge in [0.15, 0.2) is 0 Å². The third-order valence-electron chi connectivity index (χ3n) is 3.81. The lowest BCUT2D eigenvalue weighted by Gasteiger charge is -2.31. The van der Waals surface area contributed by atoms with E-state index in [1.165, 1.54) is 6.07 Å². The van der Waals surface area contributed by atoms with E-state index in [4.69, 9.17) is 23.2 Å². The van der Waals surface area contributed by atoms with E-state index in [2.05, 4.69) is 15.9 Å². The SMILES string of the molecule is Cc1ccc(F)cc1CC(CCl)(CCl)c1ccc(Br)cc1. The van der Waals surface area contributed by atoms with Crippen LogP contribution < -0.4 is 0 Å². The Balaban J connectivity index is 2.42. The van der Waals surface area contributed by atoms with E-state index in [-0.39, 0.29) is 5.82 Å². The average molecular weight is 390 g/mol. The Hall–Kier alpha value is -0.570. The average Bonchev–Trinajstić information content (AvgIpc) is 2.49. The largest absolute Gasteiger partial charge is 0.207 e. The minimum Gasteiger partial charge on any atom is -0.207 e. The highest BCUT2D eigenvalue weighted by Crippen LogP contribution is 2.33. The molecule has 112 valence electrons. The minimum atomic E-state index is -0.400. The van der Waals surface area contributed by atoms with Crippen molar-refractivity contribution < 1.29 is 4.39 Å². The van der Waals surface area contributed by atoms with Crippen molar-refractivity contribution in [2.45, 2.75) is 18.8 Å². The van der Waals surface area contributed by atoms with E-state index >= 15 is 0 Å². The van der Waals surface area contributed by atoms with Crippen LogP contribution in [0.3, 0.4) is 0 Å². The van der Waals surface area contributed by atoms with Gasteiger partial charge in [0.25, 0.3) is 0 Å². The summed E-state index contributed by atoms with van der Waals surface area (Å²) in [6.07, 6.45) is 0.616. The number of alkyl halides is 2. The van der Waals surface area contributed by atoms with Gasteiger partial charge in [0.2, 0.25) is 0 Å². The molecule has 0 atom stereocenters. The second-order valence-corrected chi connectivity index (χ2v) is 6.75. The van der Waals surface area contributed by atoms with Gasteiger partial charge in [-0.1, -0.05) is 34.1 Å². The van der Waals surface area contributed by atoms with Crippen molar-refractivity contribution in [2.24, 2.45) is 0 Å². The smallest absolute Gasteiger partial charge is 0.123 e. The maximum atomic E-state index is 13.5. The molecule has 0 nitrogen and oxygen atoms in total. The molecule has 0 saturated carbocycles. The number of hydrogen-bond donors (Lipinski definition) is 0. The monoisotopic (exact) mass is 388 g/mol. The van der Waals surface area contributed by atoms with Crippen molar-refractivity contribution in [1.82, 2.24) is 0 Å². The molecule has 0 aliphatic heterocycles. The molecule has 0 bridgehead atoms. The summed E-state index contributed by atoms with van der Waals surface area (Å²) in [5, 5.41) is 0. The zero-order valence-electron chi connectivity index (χ0n) is 11.7. The van der Waals surface area contributed by atoms with Crippen LogP contribution in [0.4, 0.5) is 4.39 Å². The lowest BCUT2D eigenvalue weighted by Crippen LogP contribution is -2.33. The third-order valence-corrected chi connectivity index (χ3v) is 5.36. The molecule has 0 heterocycles. The van der Waals surface area contributed by atoms with E-state index in [0.29, 0.717) is 18.2 Å². The molecule has 0 aromatic heterocycles. The van der Waals surface area contributed by atoms with Crippen LogP contribution in [0, 0.1) is 12.7 Å². The molecule has 0 aliphatic carbocycles. The molecule has 0 aliphatic rings. The van der Waals surface area contributed by atoms with Gasteiger partial charge < -0.3 is 0 Å². The maximum absolute atomic E-state index is 13.5. The number of aryl methyl sites for hydroxylation is 1. The highest BCUT2D eigenvalue weighted by Gasteiger charge is 2.31. The van der Waals surface area contributed by atoms with Crippen LogP contribution in [0.25, 0.3) is 0 Å². The number of halogens is 4. The summed E-state index contributed by atoms with van der Waals surface area (Å²) in [7, 11) is 0. The predicted octanol–water partition coefficient (Wildman–Crippen LogP) is 5.85. The van der Waals surface area contributed by atoms with Crippen LogP contribution in [-0.2, 0) is 11.8 Å². The summed E-state index contributed by atoms with van der Waals surface area (Å²) in [6.45, 7) is 1.98. The van der Waals surface area contributed by atoms with Gasteiger partial charge >= 0.3 is 0 Å². The highest BCUT2D eigenvalue weighted by molar-refractivity contribution is 9.10. The van der Waals surface area contributed by atoms with Crippen molar-refractivity contribution in [1.29, 1.82) is 0 Å². The van der Waals surface area contributed by atoms with Crippen molar-refractivity contribution in [3.63, 3.8) is 0 Å². The molecule has 4 heteroatoms. The summed E-state index contributed by atoms with van der Waals surface area (Å²) in [6, 6.07) is 12.8. The molecule has 0 spiro atoms. The third kappa shape index (κ3) is 3.80. The molecule has 0 radical (unpaired) electrons. The summed E-state index contributed by atoms with van der Waals surface area (Å²) >= 11 is 15.9.